The zero-order chi connectivity index (χ0) is 22.9. The van der Waals surface area contributed by atoms with Gasteiger partial charge in [-0.15, -0.1) is 0 Å². The van der Waals surface area contributed by atoms with E-state index in [2.05, 4.69) is 29.2 Å². The SMILES string of the molecule is CC(C)c1nc(N2CCCN(C(=O)NC(C)(C)C)CC2)c2cnn(-c3ccccc3)c2n1. The van der Waals surface area contributed by atoms with E-state index in [1.165, 1.54) is 0 Å². The van der Waals surface area contributed by atoms with E-state index < -0.39 is 0 Å². The Morgan fingerprint density at radius 3 is 2.47 bits per heavy atom. The van der Waals surface area contributed by atoms with Gasteiger partial charge in [-0.2, -0.15) is 5.10 Å². The molecule has 2 aromatic heterocycles. The van der Waals surface area contributed by atoms with Crippen molar-refractivity contribution in [3.8, 4) is 5.69 Å². The minimum atomic E-state index is -0.250. The Bertz CT molecular complexity index is 1080. The van der Waals surface area contributed by atoms with Gasteiger partial charge in [0.25, 0.3) is 0 Å². The Hall–Kier alpha value is -3.16. The van der Waals surface area contributed by atoms with Crippen LogP contribution < -0.4 is 10.2 Å². The highest BCUT2D eigenvalue weighted by molar-refractivity contribution is 5.88. The van der Waals surface area contributed by atoms with Gasteiger partial charge in [0.15, 0.2) is 5.65 Å². The van der Waals surface area contributed by atoms with E-state index in [4.69, 9.17) is 9.97 Å². The van der Waals surface area contributed by atoms with Gasteiger partial charge in [-0.1, -0.05) is 32.0 Å². The Kier molecular flexibility index (Phi) is 6.04. The number of aromatic nitrogens is 4. The van der Waals surface area contributed by atoms with Gasteiger partial charge in [-0.25, -0.2) is 19.4 Å². The van der Waals surface area contributed by atoms with E-state index in [-0.39, 0.29) is 17.5 Å². The molecule has 170 valence electrons. The Morgan fingerprint density at radius 2 is 1.78 bits per heavy atom. The number of nitrogens with zero attached hydrogens (tertiary/aromatic N) is 6. The minimum absolute atomic E-state index is 0.00745. The first-order chi connectivity index (χ1) is 15.2. The fourth-order valence-electron chi connectivity index (χ4n) is 3.90. The van der Waals surface area contributed by atoms with E-state index in [1.54, 1.807) is 0 Å². The van der Waals surface area contributed by atoms with Crippen LogP contribution in [0.2, 0.25) is 0 Å². The molecule has 3 aromatic rings. The first-order valence-corrected chi connectivity index (χ1v) is 11.4. The van der Waals surface area contributed by atoms with Crippen molar-refractivity contribution in [1.29, 1.82) is 0 Å². The second-order valence-electron chi connectivity index (χ2n) is 9.70. The van der Waals surface area contributed by atoms with E-state index in [0.717, 1.165) is 54.4 Å². The minimum Gasteiger partial charge on any atom is -0.354 e. The highest BCUT2D eigenvalue weighted by Gasteiger charge is 2.25. The van der Waals surface area contributed by atoms with Crippen molar-refractivity contribution >= 4 is 22.9 Å². The molecule has 4 rings (SSSR count). The first-order valence-electron chi connectivity index (χ1n) is 11.4. The molecule has 0 atom stereocenters. The third-order valence-electron chi connectivity index (χ3n) is 5.51. The zero-order valence-electron chi connectivity index (χ0n) is 19.7. The summed E-state index contributed by atoms with van der Waals surface area (Å²) in [6.07, 6.45) is 2.74. The van der Waals surface area contributed by atoms with Crippen LogP contribution in [0.15, 0.2) is 36.5 Å². The molecule has 3 heterocycles. The van der Waals surface area contributed by atoms with E-state index in [9.17, 15) is 4.79 Å². The molecule has 8 heteroatoms. The van der Waals surface area contributed by atoms with Gasteiger partial charge in [0.2, 0.25) is 0 Å². The summed E-state index contributed by atoms with van der Waals surface area (Å²) in [5.74, 6) is 1.90. The summed E-state index contributed by atoms with van der Waals surface area (Å²) >= 11 is 0. The monoisotopic (exact) mass is 435 g/mol. The smallest absolute Gasteiger partial charge is 0.317 e. The van der Waals surface area contributed by atoms with Crippen molar-refractivity contribution in [2.75, 3.05) is 31.1 Å². The average Bonchev–Trinajstić information content (AvgIpc) is 3.01. The molecule has 0 unspecified atom stereocenters. The lowest BCUT2D eigenvalue weighted by molar-refractivity contribution is 0.192. The molecular weight excluding hydrogens is 402 g/mol. The second-order valence-corrected chi connectivity index (χ2v) is 9.70. The highest BCUT2D eigenvalue weighted by atomic mass is 16.2. The van der Waals surface area contributed by atoms with Crippen LogP contribution in [0.25, 0.3) is 16.7 Å². The summed E-state index contributed by atoms with van der Waals surface area (Å²) < 4.78 is 1.88. The van der Waals surface area contributed by atoms with Gasteiger partial charge in [0, 0.05) is 37.6 Å². The Labute approximate surface area is 189 Å². The summed E-state index contributed by atoms with van der Waals surface area (Å²) in [6.45, 7) is 13.2. The molecular formula is C24H33N7O. The predicted octanol–water partition coefficient (Wildman–Crippen LogP) is 3.96. The number of carbonyl (C=O) groups is 1. The van der Waals surface area contributed by atoms with Crippen molar-refractivity contribution in [3.63, 3.8) is 0 Å². The third-order valence-corrected chi connectivity index (χ3v) is 5.51. The summed E-state index contributed by atoms with van der Waals surface area (Å²) in [7, 11) is 0. The van der Waals surface area contributed by atoms with Gasteiger partial charge in [-0.3, -0.25) is 0 Å². The van der Waals surface area contributed by atoms with Crippen LogP contribution in [0.4, 0.5) is 10.6 Å². The standard InChI is InChI=1S/C24H33N7O/c1-17(2)20-26-21(19-16-25-31(22(19)27-20)18-10-7-6-8-11-18)29-12-9-13-30(15-14-29)23(32)28-24(3,4)5/h6-8,10-11,16-17H,9,12-15H2,1-5H3,(H,28,32). The number of amides is 2. The molecule has 32 heavy (non-hydrogen) atoms. The van der Waals surface area contributed by atoms with Crippen molar-refractivity contribution in [2.45, 2.75) is 52.5 Å². The fraction of sp³-hybridized carbons (Fsp3) is 0.500. The van der Waals surface area contributed by atoms with Gasteiger partial charge in [-0.05, 0) is 39.3 Å². The molecule has 0 aliphatic carbocycles. The molecule has 8 nitrogen and oxygen atoms in total. The van der Waals surface area contributed by atoms with E-state index >= 15 is 0 Å². The molecule has 0 saturated carbocycles. The predicted molar refractivity (Wildman–Crippen MR) is 127 cm³/mol. The quantitative estimate of drug-likeness (QED) is 0.674. The topological polar surface area (TPSA) is 79.2 Å². The molecule has 1 aromatic carbocycles. The average molecular weight is 436 g/mol. The van der Waals surface area contributed by atoms with Gasteiger partial charge < -0.3 is 15.1 Å². The number of urea groups is 1. The lowest BCUT2D eigenvalue weighted by Crippen LogP contribution is -2.49. The van der Waals surface area contributed by atoms with Gasteiger partial charge in [0.05, 0.1) is 17.3 Å². The Balaban J connectivity index is 1.66. The number of hydrogen-bond donors (Lipinski definition) is 1. The lowest BCUT2D eigenvalue weighted by atomic mass is 10.1. The van der Waals surface area contributed by atoms with Crippen LogP contribution >= 0.6 is 0 Å². The molecule has 1 fully saturated rings. The highest BCUT2D eigenvalue weighted by Crippen LogP contribution is 2.28. The Morgan fingerprint density at radius 1 is 1.03 bits per heavy atom. The van der Waals surface area contributed by atoms with Gasteiger partial charge in [0.1, 0.15) is 11.6 Å². The number of anilines is 1. The van der Waals surface area contributed by atoms with Crippen molar-refractivity contribution < 1.29 is 4.79 Å². The maximum atomic E-state index is 12.7. The number of benzene rings is 1. The van der Waals surface area contributed by atoms with Crippen LogP contribution in [0.3, 0.4) is 0 Å². The molecule has 1 aliphatic heterocycles. The zero-order valence-corrected chi connectivity index (χ0v) is 19.7. The van der Waals surface area contributed by atoms with Crippen LogP contribution in [-0.2, 0) is 0 Å². The van der Waals surface area contributed by atoms with Crippen molar-refractivity contribution in [2.24, 2.45) is 0 Å². The van der Waals surface area contributed by atoms with Crippen molar-refractivity contribution in [3.05, 3.63) is 42.4 Å². The summed E-state index contributed by atoms with van der Waals surface area (Å²) in [4.78, 5) is 26.7. The molecule has 1 saturated heterocycles. The molecule has 1 N–H and O–H groups in total. The maximum absolute atomic E-state index is 12.7. The molecule has 0 spiro atoms. The van der Waals surface area contributed by atoms with Crippen LogP contribution in [0.5, 0.6) is 0 Å². The lowest BCUT2D eigenvalue weighted by Gasteiger charge is -2.28. The summed E-state index contributed by atoms with van der Waals surface area (Å²) in [6, 6.07) is 10.0. The largest absolute Gasteiger partial charge is 0.354 e. The third kappa shape index (κ3) is 4.69. The molecule has 0 radical (unpaired) electrons. The van der Waals surface area contributed by atoms with Gasteiger partial charge >= 0.3 is 6.03 Å². The first kappa shape index (κ1) is 22.0. The number of fused-ring (bicyclic) bond motifs is 1. The number of rotatable bonds is 3. The van der Waals surface area contributed by atoms with Crippen LogP contribution in [-0.4, -0.2) is 62.4 Å². The molecule has 1 aliphatic rings. The summed E-state index contributed by atoms with van der Waals surface area (Å²) in [5, 5.41) is 8.65. The summed E-state index contributed by atoms with van der Waals surface area (Å²) in [5.41, 5.74) is 1.54. The fourth-order valence-corrected chi connectivity index (χ4v) is 3.90. The number of nitrogens with one attached hydrogen (secondary N) is 1. The normalized spacial score (nSPS) is 15.3. The maximum Gasteiger partial charge on any atom is 0.317 e. The molecule has 0 bridgehead atoms. The van der Waals surface area contributed by atoms with Crippen LogP contribution in [0.1, 0.15) is 52.8 Å². The second kappa shape index (κ2) is 8.76. The number of para-hydroxylation sites is 1. The van der Waals surface area contributed by atoms with Crippen molar-refractivity contribution in [1.82, 2.24) is 30.0 Å². The van der Waals surface area contributed by atoms with Crippen LogP contribution in [0, 0.1) is 0 Å². The van der Waals surface area contributed by atoms with E-state index in [0.29, 0.717) is 6.54 Å². The number of hydrogen-bond acceptors (Lipinski definition) is 5. The number of carbonyl (C=O) groups excluding carboxylic acids is 1. The molecule has 2 amide bonds. The van der Waals surface area contributed by atoms with E-state index in [1.807, 2.05) is 66.9 Å².